The highest BCUT2D eigenvalue weighted by molar-refractivity contribution is 5.77. The van der Waals surface area contributed by atoms with Crippen molar-refractivity contribution in [2.75, 3.05) is 26.4 Å². The molecule has 0 saturated carbocycles. The van der Waals surface area contributed by atoms with Crippen molar-refractivity contribution < 1.29 is 23.8 Å². The van der Waals surface area contributed by atoms with Crippen molar-refractivity contribution in [1.29, 1.82) is 0 Å². The summed E-state index contributed by atoms with van der Waals surface area (Å²) in [7, 11) is 0. The van der Waals surface area contributed by atoms with Crippen LogP contribution >= 0.6 is 0 Å². The highest BCUT2D eigenvalue weighted by Gasteiger charge is 2.06. The van der Waals surface area contributed by atoms with Crippen LogP contribution in [-0.2, 0) is 14.3 Å². The molecule has 1 amide bonds. The number of nitrogens with one attached hydrogen (secondary N) is 1. The van der Waals surface area contributed by atoms with Crippen LogP contribution in [0, 0.1) is 0 Å². The number of benzene rings is 2. The van der Waals surface area contributed by atoms with Crippen LogP contribution in [0.5, 0.6) is 5.75 Å². The van der Waals surface area contributed by atoms with E-state index in [2.05, 4.69) is 10.1 Å². The molecule has 25 heavy (non-hydrogen) atoms. The van der Waals surface area contributed by atoms with E-state index in [1.165, 1.54) is 0 Å². The molecule has 0 aliphatic heterocycles. The first kappa shape index (κ1) is 18.3. The second-order valence-corrected chi connectivity index (χ2v) is 5.03. The van der Waals surface area contributed by atoms with E-state index in [-0.39, 0.29) is 26.4 Å². The van der Waals surface area contributed by atoms with Gasteiger partial charge in [0.05, 0.1) is 6.61 Å². The fourth-order valence-corrected chi connectivity index (χ4v) is 2.08. The van der Waals surface area contributed by atoms with Gasteiger partial charge in [-0.3, -0.25) is 4.79 Å². The predicted molar refractivity (Wildman–Crippen MR) is 93.4 cm³/mol. The zero-order valence-corrected chi connectivity index (χ0v) is 14.1. The van der Waals surface area contributed by atoms with Gasteiger partial charge in [0.15, 0.2) is 0 Å². The van der Waals surface area contributed by atoms with Crippen molar-refractivity contribution in [3.05, 3.63) is 54.6 Å². The van der Waals surface area contributed by atoms with Gasteiger partial charge in [0, 0.05) is 0 Å². The van der Waals surface area contributed by atoms with Gasteiger partial charge in [0.1, 0.15) is 25.5 Å². The van der Waals surface area contributed by atoms with E-state index in [4.69, 9.17) is 9.47 Å². The van der Waals surface area contributed by atoms with E-state index >= 15 is 0 Å². The zero-order chi connectivity index (χ0) is 17.9. The Hall–Kier alpha value is -3.02. The molecule has 6 heteroatoms. The Morgan fingerprint density at radius 3 is 2.24 bits per heavy atom. The summed E-state index contributed by atoms with van der Waals surface area (Å²) in [5, 5.41) is 2.30. The van der Waals surface area contributed by atoms with Gasteiger partial charge in [-0.2, -0.15) is 0 Å². The lowest BCUT2D eigenvalue weighted by molar-refractivity contribution is -0.141. The number of carbonyl (C=O) groups is 2. The number of alkyl carbamates (subject to hydrolysis) is 1. The number of esters is 1. The Labute approximate surface area is 146 Å². The molecule has 0 heterocycles. The quantitative estimate of drug-likeness (QED) is 0.589. The van der Waals surface area contributed by atoms with Crippen molar-refractivity contribution in [2.45, 2.75) is 6.92 Å². The average molecular weight is 343 g/mol. The molecular formula is C19H21NO5. The van der Waals surface area contributed by atoms with Gasteiger partial charge < -0.3 is 19.5 Å². The van der Waals surface area contributed by atoms with Crippen LogP contribution in [-0.4, -0.2) is 38.4 Å². The Morgan fingerprint density at radius 2 is 1.56 bits per heavy atom. The number of rotatable bonds is 8. The average Bonchev–Trinajstić information content (AvgIpc) is 2.65. The lowest BCUT2D eigenvalue weighted by Gasteiger charge is -2.09. The third-order valence-corrected chi connectivity index (χ3v) is 3.23. The number of hydrogen-bond donors (Lipinski definition) is 1. The van der Waals surface area contributed by atoms with Crippen molar-refractivity contribution in [2.24, 2.45) is 0 Å². The smallest absolute Gasteiger partial charge is 0.407 e. The molecule has 0 saturated heterocycles. The predicted octanol–water partition coefficient (Wildman–Crippen LogP) is 3.02. The summed E-state index contributed by atoms with van der Waals surface area (Å²) in [6.07, 6.45) is -0.684. The van der Waals surface area contributed by atoms with Crippen molar-refractivity contribution in [1.82, 2.24) is 5.32 Å². The van der Waals surface area contributed by atoms with E-state index in [1.54, 1.807) is 6.92 Å². The second-order valence-electron chi connectivity index (χ2n) is 5.03. The molecular weight excluding hydrogens is 322 g/mol. The summed E-state index contributed by atoms with van der Waals surface area (Å²) in [6, 6.07) is 17.7. The van der Waals surface area contributed by atoms with Gasteiger partial charge in [-0.1, -0.05) is 42.5 Å². The first-order valence-electron chi connectivity index (χ1n) is 8.03. The molecule has 0 atom stereocenters. The maximum absolute atomic E-state index is 11.4. The van der Waals surface area contributed by atoms with Crippen molar-refractivity contribution in [3.63, 3.8) is 0 Å². The largest absolute Gasteiger partial charge is 0.490 e. The second kappa shape index (κ2) is 9.97. The number of hydrogen-bond acceptors (Lipinski definition) is 5. The Balaban J connectivity index is 1.66. The van der Waals surface area contributed by atoms with Gasteiger partial charge in [0.25, 0.3) is 0 Å². The number of amides is 1. The third-order valence-electron chi connectivity index (χ3n) is 3.23. The van der Waals surface area contributed by atoms with Gasteiger partial charge in [-0.25, -0.2) is 4.79 Å². The standard InChI is InChI=1S/C19H21NO5/c1-2-23-18(21)14-20-19(22)25-13-12-24-17-10-8-16(9-11-17)15-6-4-3-5-7-15/h3-11H,2,12-14H2,1H3,(H,20,22). The minimum Gasteiger partial charge on any atom is -0.490 e. The summed E-state index contributed by atoms with van der Waals surface area (Å²) in [6.45, 7) is 2.05. The fraction of sp³-hybridized carbons (Fsp3) is 0.263. The minimum atomic E-state index is -0.684. The molecule has 2 aromatic rings. The molecule has 0 aromatic heterocycles. The molecule has 0 radical (unpaired) electrons. The molecule has 1 N–H and O–H groups in total. The van der Waals surface area contributed by atoms with Gasteiger partial charge in [0.2, 0.25) is 0 Å². The monoisotopic (exact) mass is 343 g/mol. The molecule has 0 aliphatic rings. The molecule has 0 unspecified atom stereocenters. The molecule has 2 rings (SSSR count). The SMILES string of the molecule is CCOC(=O)CNC(=O)OCCOc1ccc(-c2ccccc2)cc1. The van der Waals surface area contributed by atoms with Crippen molar-refractivity contribution >= 4 is 12.1 Å². The zero-order valence-electron chi connectivity index (χ0n) is 14.1. The molecule has 0 spiro atoms. The van der Waals surface area contributed by atoms with Crippen LogP contribution in [0.4, 0.5) is 4.79 Å². The molecule has 6 nitrogen and oxygen atoms in total. The molecule has 0 fully saturated rings. The van der Waals surface area contributed by atoms with Gasteiger partial charge in [-0.05, 0) is 30.2 Å². The van der Waals surface area contributed by atoms with Crippen LogP contribution in [0.3, 0.4) is 0 Å². The van der Waals surface area contributed by atoms with E-state index in [0.29, 0.717) is 5.75 Å². The maximum atomic E-state index is 11.4. The van der Waals surface area contributed by atoms with Gasteiger partial charge >= 0.3 is 12.1 Å². The van der Waals surface area contributed by atoms with E-state index < -0.39 is 12.1 Å². The summed E-state index contributed by atoms with van der Waals surface area (Å²) in [5.74, 6) is 0.185. The van der Waals surface area contributed by atoms with Crippen LogP contribution < -0.4 is 10.1 Å². The lowest BCUT2D eigenvalue weighted by Crippen LogP contribution is -2.32. The normalized spacial score (nSPS) is 9.96. The van der Waals surface area contributed by atoms with E-state index in [1.807, 2.05) is 54.6 Å². The first-order valence-corrected chi connectivity index (χ1v) is 8.03. The highest BCUT2D eigenvalue weighted by Crippen LogP contribution is 2.21. The van der Waals surface area contributed by atoms with Gasteiger partial charge in [-0.15, -0.1) is 0 Å². The maximum Gasteiger partial charge on any atom is 0.407 e. The van der Waals surface area contributed by atoms with Crippen LogP contribution in [0.25, 0.3) is 11.1 Å². The third kappa shape index (κ3) is 6.55. The number of carbonyl (C=O) groups excluding carboxylic acids is 2. The minimum absolute atomic E-state index is 0.0785. The summed E-state index contributed by atoms with van der Waals surface area (Å²) < 4.78 is 15.1. The van der Waals surface area contributed by atoms with E-state index in [9.17, 15) is 9.59 Å². The molecule has 132 valence electrons. The Kier molecular flexibility index (Phi) is 7.31. The van der Waals surface area contributed by atoms with E-state index in [0.717, 1.165) is 11.1 Å². The Morgan fingerprint density at radius 1 is 0.880 bits per heavy atom. The first-order chi connectivity index (χ1) is 12.2. The molecule has 0 bridgehead atoms. The lowest BCUT2D eigenvalue weighted by atomic mass is 10.1. The van der Waals surface area contributed by atoms with Crippen LogP contribution in [0.2, 0.25) is 0 Å². The molecule has 2 aromatic carbocycles. The summed E-state index contributed by atoms with van der Waals surface area (Å²) >= 11 is 0. The van der Waals surface area contributed by atoms with Crippen LogP contribution in [0.15, 0.2) is 54.6 Å². The van der Waals surface area contributed by atoms with Crippen molar-refractivity contribution in [3.8, 4) is 16.9 Å². The van der Waals surface area contributed by atoms with Crippen LogP contribution in [0.1, 0.15) is 6.92 Å². The topological polar surface area (TPSA) is 73.9 Å². The highest BCUT2D eigenvalue weighted by atomic mass is 16.6. The summed E-state index contributed by atoms with van der Waals surface area (Å²) in [5.41, 5.74) is 2.23. The molecule has 0 aliphatic carbocycles. The summed E-state index contributed by atoms with van der Waals surface area (Å²) in [4.78, 5) is 22.4. The fourth-order valence-electron chi connectivity index (χ4n) is 2.08. The number of ether oxygens (including phenoxy) is 3. The Bertz CT molecular complexity index is 670.